The van der Waals surface area contributed by atoms with Gasteiger partial charge >= 0.3 is 0 Å². The number of ether oxygens (including phenoxy) is 1. The second kappa shape index (κ2) is 14.0. The van der Waals surface area contributed by atoms with E-state index in [-0.39, 0.29) is 53.2 Å². The Hall–Kier alpha value is -5.45. The van der Waals surface area contributed by atoms with E-state index in [4.69, 9.17) is 22.9 Å². The molecule has 7 aliphatic rings. The standard InChI is InChI=1S/C47H50ClN7O6/c1-45(2)43(46(3,4)44(45)61-31-8-11-36(49-5)35(48)22-31)53-26-28-20-29(6-9-32(28)40(53)58)52-18-16-51(17-19-52)25-27-23-47(24-27)14-15-54(47)30-7-10-33-34(21-30)42(60)55(41(33)59)37-12-13-38(56)50-39(37)57/h6-11,20-22,27,37,43-44H,12-19,23-26H2,1-4H3,(H,50,56,57). The molecule has 5 fully saturated rings. The third kappa shape index (κ3) is 6.15. The molecule has 61 heavy (non-hydrogen) atoms. The van der Waals surface area contributed by atoms with Gasteiger partial charge in [0.1, 0.15) is 17.9 Å². The van der Waals surface area contributed by atoms with Gasteiger partial charge in [-0.2, -0.15) is 0 Å². The zero-order chi connectivity index (χ0) is 42.7. The molecule has 3 aromatic carbocycles. The summed E-state index contributed by atoms with van der Waals surface area (Å²) in [6.45, 7) is 22.2. The molecule has 0 radical (unpaired) electrons. The predicted molar refractivity (Wildman–Crippen MR) is 229 cm³/mol. The van der Waals surface area contributed by atoms with Crippen LogP contribution >= 0.6 is 11.6 Å². The molecule has 5 aliphatic heterocycles. The van der Waals surface area contributed by atoms with Crippen LogP contribution in [0.4, 0.5) is 17.1 Å². The Morgan fingerprint density at radius 1 is 0.820 bits per heavy atom. The zero-order valence-corrected chi connectivity index (χ0v) is 35.8. The average molecular weight is 844 g/mol. The second-order valence-corrected chi connectivity index (χ2v) is 19.8. The highest BCUT2D eigenvalue weighted by Crippen LogP contribution is 2.59. The van der Waals surface area contributed by atoms with Crippen LogP contribution in [0.5, 0.6) is 5.75 Å². The lowest BCUT2D eigenvalue weighted by Gasteiger charge is -2.65. The lowest BCUT2D eigenvalue weighted by atomic mass is 9.49. The number of amides is 5. The van der Waals surface area contributed by atoms with Gasteiger partial charge in [-0.15, -0.1) is 0 Å². The number of fused-ring (bicyclic) bond motifs is 2. The summed E-state index contributed by atoms with van der Waals surface area (Å²) in [7, 11) is 0. The van der Waals surface area contributed by atoms with Crippen molar-refractivity contribution in [1.29, 1.82) is 0 Å². The summed E-state index contributed by atoms with van der Waals surface area (Å²) < 4.78 is 6.51. The first-order chi connectivity index (χ1) is 29.1. The van der Waals surface area contributed by atoms with Crippen LogP contribution < -0.4 is 19.9 Å². The number of benzene rings is 3. The molecule has 2 saturated carbocycles. The van der Waals surface area contributed by atoms with E-state index in [1.165, 1.54) is 0 Å². The Morgan fingerprint density at radius 3 is 2.20 bits per heavy atom. The summed E-state index contributed by atoms with van der Waals surface area (Å²) in [5, 5.41) is 2.63. The fraction of sp³-hybridized carbons (Fsp3) is 0.489. The number of hydrogen-bond acceptors (Lipinski definition) is 9. The molecular weight excluding hydrogens is 794 g/mol. The smallest absolute Gasteiger partial charge is 0.262 e. The highest BCUT2D eigenvalue weighted by atomic mass is 35.5. The molecule has 1 spiro atoms. The van der Waals surface area contributed by atoms with Crippen LogP contribution in [0.25, 0.3) is 4.85 Å². The van der Waals surface area contributed by atoms with Gasteiger partial charge in [0.2, 0.25) is 17.5 Å². The maximum absolute atomic E-state index is 13.9. The molecule has 5 heterocycles. The van der Waals surface area contributed by atoms with Crippen LogP contribution in [0.2, 0.25) is 5.02 Å². The Labute approximate surface area is 360 Å². The van der Waals surface area contributed by atoms with Crippen LogP contribution in [0.3, 0.4) is 0 Å². The molecule has 3 aromatic rings. The number of carbonyl (C=O) groups is 5. The van der Waals surface area contributed by atoms with E-state index in [0.29, 0.717) is 40.0 Å². The molecule has 1 unspecified atom stereocenters. The van der Waals surface area contributed by atoms with Crippen LogP contribution in [0.1, 0.15) is 96.4 Å². The lowest BCUT2D eigenvalue weighted by Crippen LogP contribution is -2.74. The Kier molecular flexibility index (Phi) is 9.13. The van der Waals surface area contributed by atoms with Crippen LogP contribution in [0.15, 0.2) is 54.6 Å². The van der Waals surface area contributed by atoms with E-state index in [9.17, 15) is 24.0 Å². The van der Waals surface area contributed by atoms with Crippen LogP contribution in [0, 0.1) is 23.3 Å². The Bertz CT molecular complexity index is 2450. The monoisotopic (exact) mass is 843 g/mol. The number of nitrogens with zero attached hydrogens (tertiary/aromatic N) is 6. The number of imide groups is 2. The molecule has 2 aliphatic carbocycles. The normalized spacial score (nSPS) is 26.4. The minimum Gasteiger partial charge on any atom is -0.489 e. The third-order valence-electron chi connectivity index (χ3n) is 15.0. The van der Waals surface area contributed by atoms with E-state index >= 15 is 0 Å². The second-order valence-electron chi connectivity index (χ2n) is 19.4. The molecule has 13 nitrogen and oxygen atoms in total. The molecule has 10 rings (SSSR count). The summed E-state index contributed by atoms with van der Waals surface area (Å²) >= 11 is 6.32. The molecule has 0 aromatic heterocycles. The van der Waals surface area contributed by atoms with Crippen molar-refractivity contribution in [2.45, 2.75) is 90.1 Å². The quantitative estimate of drug-likeness (QED) is 0.205. The highest BCUT2D eigenvalue weighted by molar-refractivity contribution is 6.33. The molecule has 316 valence electrons. The first-order valence-electron chi connectivity index (χ1n) is 21.5. The SMILES string of the molecule is [C-]#[N+]c1ccc(OC2C(C)(C)C(N3Cc4cc(N5CCN(CC6CC7(CCN7c7ccc8c(c7)C(=O)N(C7CCC(=O)NC7=O)C8=O)C6)CC5)ccc4C3=O)C2(C)C)cc1Cl. The predicted octanol–water partition coefficient (Wildman–Crippen LogP) is 6.31. The van der Waals surface area contributed by atoms with Crippen molar-refractivity contribution in [3.05, 3.63) is 93.3 Å². The zero-order valence-electron chi connectivity index (χ0n) is 35.0. The van der Waals surface area contributed by atoms with E-state index in [1.807, 2.05) is 23.1 Å². The number of piperazine rings is 1. The summed E-state index contributed by atoms with van der Waals surface area (Å²) in [6, 6.07) is 16.0. The fourth-order valence-corrected chi connectivity index (χ4v) is 12.6. The summed E-state index contributed by atoms with van der Waals surface area (Å²) in [5.74, 6) is -0.659. The molecule has 1 N–H and O–H groups in total. The van der Waals surface area contributed by atoms with Crippen molar-refractivity contribution in [1.82, 2.24) is 20.0 Å². The van der Waals surface area contributed by atoms with E-state index in [1.54, 1.807) is 24.3 Å². The summed E-state index contributed by atoms with van der Waals surface area (Å²) in [4.78, 5) is 78.8. The number of carbonyl (C=O) groups excluding carboxylic acids is 5. The average Bonchev–Trinajstić information content (AvgIpc) is 3.64. The summed E-state index contributed by atoms with van der Waals surface area (Å²) in [6.07, 6.45) is 3.34. The van der Waals surface area contributed by atoms with Crippen molar-refractivity contribution in [3.63, 3.8) is 0 Å². The van der Waals surface area contributed by atoms with Crippen molar-refractivity contribution in [3.8, 4) is 5.75 Å². The molecular formula is C47H50ClN7O6. The first kappa shape index (κ1) is 39.7. The number of hydrogen-bond donors (Lipinski definition) is 1. The maximum atomic E-state index is 13.9. The first-order valence-corrected chi connectivity index (χ1v) is 21.9. The van der Waals surface area contributed by atoms with Crippen molar-refractivity contribution in [2.24, 2.45) is 16.7 Å². The Balaban J connectivity index is 0.726. The topological polar surface area (TPSA) is 127 Å². The molecule has 5 amide bonds. The minimum atomic E-state index is -0.971. The van der Waals surface area contributed by atoms with E-state index in [2.05, 4.69) is 64.7 Å². The number of nitrogens with one attached hydrogen (secondary N) is 1. The van der Waals surface area contributed by atoms with Gasteiger partial charge in [-0.3, -0.25) is 39.1 Å². The van der Waals surface area contributed by atoms with Gasteiger partial charge in [-0.25, -0.2) is 4.85 Å². The highest BCUT2D eigenvalue weighted by Gasteiger charge is 2.67. The molecule has 14 heteroatoms. The van der Waals surface area contributed by atoms with Gasteiger partial charge in [0.15, 0.2) is 0 Å². The van der Waals surface area contributed by atoms with Gasteiger partial charge in [0.05, 0.1) is 22.7 Å². The lowest BCUT2D eigenvalue weighted by molar-refractivity contribution is -0.199. The van der Waals surface area contributed by atoms with Gasteiger partial charge in [-0.05, 0) is 85.7 Å². The van der Waals surface area contributed by atoms with Crippen molar-refractivity contribution in [2.75, 3.05) is 49.1 Å². The van der Waals surface area contributed by atoms with Crippen molar-refractivity contribution < 1.29 is 28.7 Å². The number of rotatable bonds is 8. The van der Waals surface area contributed by atoms with Gasteiger partial charge in [0.25, 0.3) is 17.7 Å². The molecule has 0 bridgehead atoms. The fourth-order valence-electron chi connectivity index (χ4n) is 12.4. The van der Waals surface area contributed by atoms with Crippen LogP contribution in [-0.2, 0) is 16.1 Å². The summed E-state index contributed by atoms with van der Waals surface area (Å²) in [5.41, 5.74) is 4.39. The maximum Gasteiger partial charge on any atom is 0.262 e. The number of piperidine rings is 1. The van der Waals surface area contributed by atoms with Crippen LogP contribution in [-0.4, -0.2) is 107 Å². The van der Waals surface area contributed by atoms with Gasteiger partial charge < -0.3 is 19.4 Å². The minimum absolute atomic E-state index is 0.0337. The number of anilines is 2. The largest absolute Gasteiger partial charge is 0.489 e. The third-order valence-corrected chi connectivity index (χ3v) is 15.3. The number of halogens is 1. The van der Waals surface area contributed by atoms with E-state index < -0.39 is 23.8 Å². The van der Waals surface area contributed by atoms with Gasteiger partial charge in [-0.1, -0.05) is 45.4 Å². The van der Waals surface area contributed by atoms with E-state index in [0.717, 1.165) is 85.9 Å². The Morgan fingerprint density at radius 2 is 1.52 bits per heavy atom. The van der Waals surface area contributed by atoms with Crippen molar-refractivity contribution >= 4 is 58.2 Å². The molecule has 1 atom stereocenters. The van der Waals surface area contributed by atoms with Gasteiger partial charge in [0, 0.05) is 91.6 Å². The molecule has 3 saturated heterocycles.